The number of aromatic nitrogens is 1. The van der Waals surface area contributed by atoms with Gasteiger partial charge in [-0.15, -0.1) is 0 Å². The number of quaternary nitrogens is 1. The Bertz CT molecular complexity index is 567. The summed E-state index contributed by atoms with van der Waals surface area (Å²) in [5.74, 6) is 6.63. The molecule has 3 N–H and O–H groups in total. The molecule has 0 radical (unpaired) electrons. The number of para-hydroxylation sites is 1. The monoisotopic (exact) mass is 288 g/mol. The number of rotatable bonds is 8. The van der Waals surface area contributed by atoms with Crippen LogP contribution in [0.5, 0.6) is 0 Å². The van der Waals surface area contributed by atoms with E-state index in [1.54, 1.807) is 6.20 Å². The summed E-state index contributed by atoms with van der Waals surface area (Å²) in [4.78, 5) is 4.40. The van der Waals surface area contributed by atoms with E-state index in [0.29, 0.717) is 6.54 Å². The van der Waals surface area contributed by atoms with Crippen molar-refractivity contribution in [1.82, 2.24) is 9.58 Å². The van der Waals surface area contributed by atoms with Crippen LogP contribution >= 0.6 is 0 Å². The van der Waals surface area contributed by atoms with E-state index in [-0.39, 0.29) is 11.2 Å². The highest BCUT2D eigenvalue weighted by Crippen LogP contribution is 2.28. The van der Waals surface area contributed by atoms with Gasteiger partial charge in [-0.25, -0.2) is 4.59 Å². The van der Waals surface area contributed by atoms with E-state index >= 15 is 0 Å². The average molecular weight is 288 g/mol. The van der Waals surface area contributed by atoms with Crippen LogP contribution in [0.25, 0.3) is 10.9 Å². The van der Waals surface area contributed by atoms with Crippen LogP contribution in [0.1, 0.15) is 32.6 Å². The second-order valence-electron chi connectivity index (χ2n) is 5.61. The normalized spacial score (nSPS) is 14.2. The molecule has 0 aliphatic carbocycles. The summed E-state index contributed by atoms with van der Waals surface area (Å²) < 4.78 is 0.281. The summed E-state index contributed by atoms with van der Waals surface area (Å²) in [5, 5.41) is 10.5. The van der Waals surface area contributed by atoms with Gasteiger partial charge in [0.1, 0.15) is 13.1 Å². The molecule has 0 fully saturated rings. The molecule has 4 nitrogen and oxygen atoms in total. The van der Waals surface area contributed by atoms with Crippen molar-refractivity contribution in [2.75, 3.05) is 19.7 Å². The van der Waals surface area contributed by atoms with Gasteiger partial charge in [0.25, 0.3) is 0 Å². The van der Waals surface area contributed by atoms with Crippen molar-refractivity contribution in [2.45, 2.75) is 32.6 Å². The van der Waals surface area contributed by atoms with Gasteiger partial charge in [0, 0.05) is 12.3 Å². The van der Waals surface area contributed by atoms with Crippen molar-refractivity contribution < 1.29 is 5.11 Å². The maximum atomic E-state index is 9.43. The topological polar surface area (TPSA) is 59.1 Å². The zero-order valence-electron chi connectivity index (χ0n) is 12.8. The number of benzene rings is 1. The van der Waals surface area contributed by atoms with Crippen molar-refractivity contribution >= 4 is 16.6 Å². The smallest absolute Gasteiger partial charge is 0.163 e. The molecule has 1 unspecified atom stereocenters. The first-order valence-electron chi connectivity index (χ1n) is 7.82. The number of aliphatic hydroxyl groups is 1. The molecule has 0 aliphatic heterocycles. The van der Waals surface area contributed by atoms with Gasteiger partial charge in [0.05, 0.1) is 17.5 Å². The van der Waals surface area contributed by atoms with Crippen molar-refractivity contribution in [3.63, 3.8) is 0 Å². The summed E-state index contributed by atoms with van der Waals surface area (Å²) in [7, 11) is 0. The Morgan fingerprint density at radius 3 is 2.67 bits per heavy atom. The minimum Gasteiger partial charge on any atom is -0.390 e. The standard InChI is InChI=1S/C17H26N3O/c1-2-3-4-7-12-20(18,13-14-21)17-10-11-19-16-9-6-5-8-15(16)17/h5-6,8-11,21H,2-4,7,12-14,18H2,1H3/q+1. The summed E-state index contributed by atoms with van der Waals surface area (Å²) in [6.45, 7) is 3.66. The number of pyridine rings is 1. The summed E-state index contributed by atoms with van der Waals surface area (Å²) in [5.41, 5.74) is 2.00. The zero-order valence-corrected chi connectivity index (χ0v) is 12.8. The van der Waals surface area contributed by atoms with Gasteiger partial charge in [-0.1, -0.05) is 31.9 Å². The third kappa shape index (κ3) is 3.79. The number of nitrogens with two attached hydrogens (primary N) is 1. The molecule has 1 atom stereocenters. The predicted molar refractivity (Wildman–Crippen MR) is 88.7 cm³/mol. The molecular formula is C17H26N3O+. The molecule has 114 valence electrons. The third-order valence-electron chi connectivity index (χ3n) is 4.02. The highest BCUT2D eigenvalue weighted by molar-refractivity contribution is 5.90. The van der Waals surface area contributed by atoms with E-state index in [4.69, 9.17) is 5.84 Å². The van der Waals surface area contributed by atoms with E-state index in [9.17, 15) is 5.11 Å². The molecule has 0 bridgehead atoms. The van der Waals surface area contributed by atoms with E-state index < -0.39 is 0 Å². The zero-order chi connectivity index (χ0) is 15.1. The Labute approximate surface area is 126 Å². The SMILES string of the molecule is CCCCCC[N+](N)(CCO)c1ccnc2ccccc12. The lowest BCUT2D eigenvalue weighted by Crippen LogP contribution is -2.58. The molecule has 1 aromatic carbocycles. The van der Waals surface area contributed by atoms with E-state index in [2.05, 4.69) is 18.0 Å². The first kappa shape index (κ1) is 15.9. The van der Waals surface area contributed by atoms with Crippen LogP contribution in [0.2, 0.25) is 0 Å². The molecule has 4 heteroatoms. The fraction of sp³-hybridized carbons (Fsp3) is 0.471. The van der Waals surface area contributed by atoms with Crippen LogP contribution < -0.4 is 10.4 Å². The van der Waals surface area contributed by atoms with Gasteiger partial charge in [0.15, 0.2) is 5.69 Å². The summed E-state index contributed by atoms with van der Waals surface area (Å²) >= 11 is 0. The number of hydrogen-bond acceptors (Lipinski definition) is 3. The quantitative estimate of drug-likeness (QED) is 0.340. The molecule has 2 rings (SSSR count). The Morgan fingerprint density at radius 1 is 1.10 bits per heavy atom. The molecule has 0 aliphatic rings. The van der Waals surface area contributed by atoms with Crippen molar-refractivity contribution in [3.8, 4) is 0 Å². The number of unbranched alkanes of at least 4 members (excludes halogenated alkanes) is 3. The maximum absolute atomic E-state index is 9.43. The lowest BCUT2D eigenvalue weighted by Gasteiger charge is -2.32. The van der Waals surface area contributed by atoms with Gasteiger partial charge in [-0.2, -0.15) is 5.84 Å². The van der Waals surface area contributed by atoms with Crippen LogP contribution in [0.15, 0.2) is 36.5 Å². The minimum absolute atomic E-state index is 0.0843. The lowest BCUT2D eigenvalue weighted by atomic mass is 10.1. The molecule has 1 heterocycles. The highest BCUT2D eigenvalue weighted by Gasteiger charge is 2.27. The largest absolute Gasteiger partial charge is 0.390 e. The Morgan fingerprint density at radius 2 is 1.90 bits per heavy atom. The van der Waals surface area contributed by atoms with Gasteiger partial charge in [-0.05, 0) is 25.0 Å². The molecule has 1 aromatic heterocycles. The average Bonchev–Trinajstić information content (AvgIpc) is 2.51. The molecular weight excluding hydrogens is 262 g/mol. The van der Waals surface area contributed by atoms with Crippen molar-refractivity contribution in [1.29, 1.82) is 0 Å². The molecule has 21 heavy (non-hydrogen) atoms. The summed E-state index contributed by atoms with van der Waals surface area (Å²) in [6, 6.07) is 10.0. The maximum Gasteiger partial charge on any atom is 0.163 e. The first-order valence-corrected chi connectivity index (χ1v) is 7.82. The van der Waals surface area contributed by atoms with Crippen LogP contribution in [-0.2, 0) is 0 Å². The van der Waals surface area contributed by atoms with Gasteiger partial charge in [-0.3, -0.25) is 4.98 Å². The minimum atomic E-state index is 0.0843. The first-order chi connectivity index (χ1) is 10.2. The number of hydrogen-bond donors (Lipinski definition) is 2. The predicted octanol–water partition coefficient (Wildman–Crippen LogP) is 2.99. The van der Waals surface area contributed by atoms with Crippen LogP contribution in [-0.4, -0.2) is 29.8 Å². The van der Waals surface area contributed by atoms with Gasteiger partial charge in [0.2, 0.25) is 0 Å². The molecule has 0 saturated heterocycles. The van der Waals surface area contributed by atoms with Gasteiger partial charge < -0.3 is 5.11 Å². The highest BCUT2D eigenvalue weighted by atomic mass is 16.3. The third-order valence-corrected chi connectivity index (χ3v) is 4.02. The lowest BCUT2D eigenvalue weighted by molar-refractivity contribution is 0.198. The van der Waals surface area contributed by atoms with Crippen molar-refractivity contribution in [2.24, 2.45) is 5.84 Å². The molecule has 2 aromatic rings. The van der Waals surface area contributed by atoms with E-state index in [1.165, 1.54) is 19.3 Å². The second kappa shape index (κ2) is 7.50. The number of nitrogens with zero attached hydrogens (tertiary/aromatic N) is 2. The Balaban J connectivity index is 2.30. The summed E-state index contributed by atoms with van der Waals surface area (Å²) in [6.07, 6.45) is 6.50. The number of fused-ring (bicyclic) bond motifs is 1. The molecule has 0 spiro atoms. The van der Waals surface area contributed by atoms with Gasteiger partial charge >= 0.3 is 0 Å². The van der Waals surface area contributed by atoms with E-state index in [1.807, 2.05) is 24.3 Å². The number of aliphatic hydroxyl groups excluding tert-OH is 1. The van der Waals surface area contributed by atoms with Crippen LogP contribution in [0.3, 0.4) is 0 Å². The van der Waals surface area contributed by atoms with Crippen LogP contribution in [0.4, 0.5) is 5.69 Å². The fourth-order valence-corrected chi connectivity index (χ4v) is 2.82. The van der Waals surface area contributed by atoms with Crippen molar-refractivity contribution in [3.05, 3.63) is 36.5 Å². The Kier molecular flexibility index (Phi) is 5.67. The van der Waals surface area contributed by atoms with E-state index in [0.717, 1.165) is 29.6 Å². The second-order valence-corrected chi connectivity index (χ2v) is 5.61. The Hall–Kier alpha value is -1.49. The van der Waals surface area contributed by atoms with Crippen LogP contribution in [0, 0.1) is 0 Å². The molecule has 0 amide bonds. The fourth-order valence-electron chi connectivity index (χ4n) is 2.82. The molecule has 0 saturated carbocycles.